The minimum Gasteiger partial charge on any atom is -0.481 e. The molecule has 1 aliphatic heterocycles. The van der Waals surface area contributed by atoms with Crippen molar-refractivity contribution in [3.63, 3.8) is 0 Å². The van der Waals surface area contributed by atoms with Crippen LogP contribution in [0.15, 0.2) is 41.3 Å². The third kappa shape index (κ3) is 6.01. The lowest BCUT2D eigenvalue weighted by atomic mass is 10.00. The van der Waals surface area contributed by atoms with Crippen molar-refractivity contribution in [1.82, 2.24) is 4.31 Å². The Morgan fingerprint density at radius 1 is 1.09 bits per heavy atom. The first-order valence-electron chi connectivity index (χ1n) is 10.3. The van der Waals surface area contributed by atoms with E-state index in [0.29, 0.717) is 48.2 Å². The number of carbonyl (C=O) groups is 1. The molecule has 2 aromatic rings. The molecule has 0 spiro atoms. The predicted molar refractivity (Wildman–Crippen MR) is 123 cm³/mol. The molecule has 7 nitrogen and oxygen atoms in total. The minimum absolute atomic E-state index is 0.179. The fourth-order valence-corrected chi connectivity index (χ4v) is 4.94. The van der Waals surface area contributed by atoms with Gasteiger partial charge in [0.2, 0.25) is 10.0 Å². The fraction of sp³-hybridized carbons (Fsp3) is 0.435. The molecule has 0 atom stereocenters. The molecule has 2 aromatic carbocycles. The van der Waals surface area contributed by atoms with Crippen LogP contribution < -0.4 is 4.74 Å². The molecule has 1 aliphatic rings. The summed E-state index contributed by atoms with van der Waals surface area (Å²) in [5, 5.41) is 0.463. The Kier molecular flexibility index (Phi) is 7.50. The quantitative estimate of drug-likeness (QED) is 0.579. The van der Waals surface area contributed by atoms with Crippen molar-refractivity contribution in [3.8, 4) is 16.9 Å². The second-order valence-electron chi connectivity index (χ2n) is 8.51. The van der Waals surface area contributed by atoms with Crippen molar-refractivity contribution < 1.29 is 27.4 Å². The summed E-state index contributed by atoms with van der Waals surface area (Å²) in [6.07, 6.45) is 0. The third-order valence-electron chi connectivity index (χ3n) is 4.81. The van der Waals surface area contributed by atoms with Crippen molar-refractivity contribution in [2.45, 2.75) is 38.2 Å². The molecule has 0 aromatic heterocycles. The number of hydrogen-bond donors (Lipinski definition) is 0. The summed E-state index contributed by atoms with van der Waals surface area (Å²) in [5.41, 5.74) is 1.47. The Morgan fingerprint density at radius 3 is 2.44 bits per heavy atom. The zero-order chi connectivity index (χ0) is 23.5. The van der Waals surface area contributed by atoms with Crippen molar-refractivity contribution in [2.75, 3.05) is 32.9 Å². The summed E-state index contributed by atoms with van der Waals surface area (Å²) in [6.45, 7) is 8.30. The highest BCUT2D eigenvalue weighted by Crippen LogP contribution is 2.36. The second kappa shape index (κ2) is 9.79. The number of rotatable bonds is 6. The van der Waals surface area contributed by atoms with E-state index in [1.807, 2.05) is 6.92 Å². The van der Waals surface area contributed by atoms with Crippen molar-refractivity contribution in [3.05, 3.63) is 47.0 Å². The van der Waals surface area contributed by atoms with E-state index < -0.39 is 21.6 Å². The van der Waals surface area contributed by atoms with Crippen molar-refractivity contribution in [1.29, 1.82) is 0 Å². The van der Waals surface area contributed by atoms with E-state index in [1.54, 1.807) is 57.2 Å². The summed E-state index contributed by atoms with van der Waals surface area (Å²) in [5.74, 6) is -0.0944. The lowest BCUT2D eigenvalue weighted by molar-refractivity contribution is -0.157. The molecule has 1 fully saturated rings. The van der Waals surface area contributed by atoms with Gasteiger partial charge in [0.15, 0.2) is 6.61 Å². The Bertz CT molecular complexity index is 1090. The summed E-state index contributed by atoms with van der Waals surface area (Å²) in [6, 6.07) is 9.96. The highest BCUT2D eigenvalue weighted by molar-refractivity contribution is 7.89. The van der Waals surface area contributed by atoms with Gasteiger partial charge < -0.3 is 14.2 Å². The Labute approximate surface area is 194 Å². The van der Waals surface area contributed by atoms with Crippen LogP contribution in [0.3, 0.4) is 0 Å². The molecule has 0 amide bonds. The summed E-state index contributed by atoms with van der Waals surface area (Å²) < 4.78 is 44.0. The van der Waals surface area contributed by atoms with Crippen molar-refractivity contribution >= 4 is 27.6 Å². The molecule has 0 unspecified atom stereocenters. The lowest BCUT2D eigenvalue weighted by Gasteiger charge is -2.26. The number of nitrogens with zero attached hydrogens (tertiary/aromatic N) is 1. The average molecular weight is 482 g/mol. The monoisotopic (exact) mass is 481 g/mol. The van der Waals surface area contributed by atoms with Crippen LogP contribution in [0.4, 0.5) is 0 Å². The topological polar surface area (TPSA) is 82.1 Å². The van der Waals surface area contributed by atoms with Gasteiger partial charge in [0, 0.05) is 23.7 Å². The molecule has 0 saturated carbocycles. The number of ether oxygens (including phenoxy) is 3. The van der Waals surface area contributed by atoms with Crippen LogP contribution in [0.1, 0.15) is 26.3 Å². The fourth-order valence-electron chi connectivity index (χ4n) is 3.33. The summed E-state index contributed by atoms with van der Waals surface area (Å²) in [7, 11) is -3.67. The van der Waals surface area contributed by atoms with Gasteiger partial charge in [0.25, 0.3) is 0 Å². The summed E-state index contributed by atoms with van der Waals surface area (Å²) >= 11 is 6.23. The maximum atomic E-state index is 13.1. The molecule has 0 N–H and O–H groups in total. The predicted octanol–water partition coefficient (Wildman–Crippen LogP) is 4.06. The lowest BCUT2D eigenvalue weighted by Crippen LogP contribution is -2.40. The smallest absolute Gasteiger partial charge is 0.344 e. The molecule has 174 valence electrons. The second-order valence-corrected chi connectivity index (χ2v) is 10.9. The molecule has 32 heavy (non-hydrogen) atoms. The first-order chi connectivity index (χ1) is 15.0. The average Bonchev–Trinajstić information content (AvgIpc) is 2.72. The SMILES string of the molecule is Cc1ccc(S(=O)(=O)N2CCOCC2)cc1-c1cc(Cl)ccc1OCC(=O)OC(C)(C)C. The van der Waals surface area contributed by atoms with E-state index in [0.717, 1.165) is 5.56 Å². The maximum absolute atomic E-state index is 13.1. The molecule has 3 rings (SSSR count). The van der Waals surface area contributed by atoms with Crippen LogP contribution in [0.5, 0.6) is 5.75 Å². The highest BCUT2D eigenvalue weighted by Gasteiger charge is 2.27. The van der Waals surface area contributed by atoms with E-state index in [2.05, 4.69) is 0 Å². The molecular formula is C23H28ClNO6S. The van der Waals surface area contributed by atoms with E-state index in [1.165, 1.54) is 4.31 Å². The van der Waals surface area contributed by atoms with E-state index >= 15 is 0 Å². The molecule has 0 bridgehead atoms. The van der Waals surface area contributed by atoms with Crippen LogP contribution in [-0.4, -0.2) is 57.2 Å². The first-order valence-corrected chi connectivity index (χ1v) is 12.1. The Balaban J connectivity index is 1.94. The normalized spacial score (nSPS) is 15.4. The number of benzene rings is 2. The van der Waals surface area contributed by atoms with Crippen LogP contribution in [-0.2, 0) is 24.3 Å². The standard InChI is InChI=1S/C23H28ClNO6S/c1-16-5-7-18(32(27,28)25-9-11-29-12-10-25)14-19(16)20-13-17(24)6-8-21(20)30-15-22(26)31-23(2,3)4/h5-8,13-14H,9-12,15H2,1-4H3. The Morgan fingerprint density at radius 2 is 1.78 bits per heavy atom. The van der Waals surface area contributed by atoms with Gasteiger partial charge in [-0.15, -0.1) is 0 Å². The van der Waals surface area contributed by atoms with E-state index in [-0.39, 0.29) is 11.5 Å². The van der Waals surface area contributed by atoms with E-state index in [9.17, 15) is 13.2 Å². The van der Waals surface area contributed by atoms with Crippen LogP contribution in [0, 0.1) is 6.92 Å². The van der Waals surface area contributed by atoms with Gasteiger partial charge in [-0.2, -0.15) is 4.31 Å². The number of sulfonamides is 1. The number of carbonyl (C=O) groups excluding carboxylic acids is 1. The van der Waals surface area contributed by atoms with Crippen LogP contribution in [0.2, 0.25) is 5.02 Å². The number of hydrogen-bond acceptors (Lipinski definition) is 6. The molecular weight excluding hydrogens is 454 g/mol. The molecule has 0 aliphatic carbocycles. The van der Waals surface area contributed by atoms with Crippen molar-refractivity contribution in [2.24, 2.45) is 0 Å². The van der Waals surface area contributed by atoms with Crippen LogP contribution >= 0.6 is 11.6 Å². The van der Waals surface area contributed by atoms with Gasteiger partial charge in [0.05, 0.1) is 18.1 Å². The van der Waals surface area contributed by atoms with Gasteiger partial charge in [0.1, 0.15) is 11.4 Å². The number of aryl methyl sites for hydroxylation is 1. The number of morpholine rings is 1. The maximum Gasteiger partial charge on any atom is 0.344 e. The molecule has 1 heterocycles. The largest absolute Gasteiger partial charge is 0.481 e. The zero-order valence-electron chi connectivity index (χ0n) is 18.7. The van der Waals surface area contributed by atoms with Gasteiger partial charge in [-0.3, -0.25) is 0 Å². The zero-order valence-corrected chi connectivity index (χ0v) is 20.3. The Hall–Kier alpha value is -2.13. The molecule has 9 heteroatoms. The highest BCUT2D eigenvalue weighted by atomic mass is 35.5. The summed E-state index contributed by atoms with van der Waals surface area (Å²) in [4.78, 5) is 12.3. The first kappa shape index (κ1) is 24.5. The molecule has 1 saturated heterocycles. The van der Waals surface area contributed by atoms with Crippen LogP contribution in [0.25, 0.3) is 11.1 Å². The van der Waals surface area contributed by atoms with Gasteiger partial charge in [-0.25, -0.2) is 13.2 Å². The van der Waals surface area contributed by atoms with Gasteiger partial charge in [-0.1, -0.05) is 17.7 Å². The number of esters is 1. The van der Waals surface area contributed by atoms with E-state index in [4.69, 9.17) is 25.8 Å². The minimum atomic E-state index is -3.67. The number of halogens is 1. The van der Waals surface area contributed by atoms with Gasteiger partial charge >= 0.3 is 5.97 Å². The third-order valence-corrected chi connectivity index (χ3v) is 6.94. The molecule has 0 radical (unpaired) electrons. The van der Waals surface area contributed by atoms with Gasteiger partial charge in [-0.05, 0) is 69.2 Å².